The molecule has 2 aromatic heterocycles. The highest BCUT2D eigenvalue weighted by Gasteiger charge is 2.23. The van der Waals surface area contributed by atoms with Crippen molar-refractivity contribution in [1.29, 1.82) is 0 Å². The molecule has 1 aliphatic carbocycles. The monoisotopic (exact) mass is 636 g/mol. The maximum absolute atomic E-state index is 5.11. The molecule has 7 aromatic carbocycles. The minimum atomic E-state index is 0.618. The maximum Gasteiger partial charge on any atom is 0.164 e. The molecule has 2 heterocycles. The van der Waals surface area contributed by atoms with Gasteiger partial charge in [-0.15, -0.1) is 0 Å². The first kappa shape index (κ1) is 28.3. The van der Waals surface area contributed by atoms with Crippen LogP contribution in [0.2, 0.25) is 0 Å². The third kappa shape index (κ3) is 4.69. The Hall–Kier alpha value is -6.78. The molecule has 0 bridgehead atoms. The Kier molecular flexibility index (Phi) is 6.46. The van der Waals surface area contributed by atoms with E-state index in [4.69, 9.17) is 19.9 Å². The molecule has 0 amide bonds. The summed E-state index contributed by atoms with van der Waals surface area (Å²) < 4.78 is 0. The van der Waals surface area contributed by atoms with Gasteiger partial charge in [0.1, 0.15) is 0 Å². The topological polar surface area (TPSA) is 51.6 Å². The van der Waals surface area contributed by atoms with Crippen molar-refractivity contribution in [3.05, 3.63) is 170 Å². The molecule has 10 rings (SSSR count). The smallest absolute Gasteiger partial charge is 0.164 e. The molecule has 0 radical (unpaired) electrons. The molecule has 0 aliphatic heterocycles. The van der Waals surface area contributed by atoms with Crippen LogP contribution >= 0.6 is 0 Å². The zero-order chi connectivity index (χ0) is 33.0. The number of rotatable bonds is 5. The summed E-state index contributed by atoms with van der Waals surface area (Å²) in [7, 11) is 0. The first-order chi connectivity index (χ1) is 24.8. The van der Waals surface area contributed by atoms with E-state index in [-0.39, 0.29) is 0 Å². The van der Waals surface area contributed by atoms with Gasteiger partial charge >= 0.3 is 0 Å². The Morgan fingerprint density at radius 3 is 1.58 bits per heavy atom. The van der Waals surface area contributed by atoms with Crippen LogP contribution in [0.15, 0.2) is 170 Å². The van der Waals surface area contributed by atoms with Crippen molar-refractivity contribution in [3.63, 3.8) is 0 Å². The summed E-state index contributed by atoms with van der Waals surface area (Å²) in [5.41, 5.74) is 13.2. The number of nitrogens with zero attached hydrogens (tertiary/aromatic N) is 4. The fourth-order valence-electron chi connectivity index (χ4n) is 7.31. The summed E-state index contributed by atoms with van der Waals surface area (Å²) >= 11 is 0. The number of benzene rings is 7. The summed E-state index contributed by atoms with van der Waals surface area (Å²) in [4.78, 5) is 20.0. The Balaban J connectivity index is 1.23. The minimum Gasteiger partial charge on any atom is -0.256 e. The molecule has 50 heavy (non-hydrogen) atoms. The first-order valence-electron chi connectivity index (χ1n) is 16.8. The molecule has 4 nitrogen and oxygen atoms in total. The first-order valence-corrected chi connectivity index (χ1v) is 16.8. The van der Waals surface area contributed by atoms with Crippen molar-refractivity contribution >= 4 is 21.7 Å². The van der Waals surface area contributed by atoms with E-state index in [0.717, 1.165) is 49.8 Å². The summed E-state index contributed by atoms with van der Waals surface area (Å²) in [6.07, 6.45) is 1.97. The van der Waals surface area contributed by atoms with Gasteiger partial charge in [-0.05, 0) is 80.0 Å². The molecular weight excluding hydrogens is 609 g/mol. The number of hydrogen-bond donors (Lipinski definition) is 0. The van der Waals surface area contributed by atoms with Crippen LogP contribution in [0, 0.1) is 0 Å². The number of fused-ring (bicyclic) bond motifs is 4. The summed E-state index contributed by atoms with van der Waals surface area (Å²) in [6.45, 7) is 0. The van der Waals surface area contributed by atoms with Gasteiger partial charge in [-0.2, -0.15) is 0 Å². The Morgan fingerprint density at radius 1 is 0.320 bits per heavy atom. The highest BCUT2D eigenvalue weighted by molar-refractivity contribution is 6.18. The lowest BCUT2D eigenvalue weighted by Crippen LogP contribution is -2.00. The number of para-hydroxylation sites is 1. The van der Waals surface area contributed by atoms with Crippen LogP contribution in [-0.4, -0.2) is 19.9 Å². The van der Waals surface area contributed by atoms with Gasteiger partial charge in [-0.3, -0.25) is 4.98 Å². The van der Waals surface area contributed by atoms with Gasteiger partial charge < -0.3 is 0 Å². The lowest BCUT2D eigenvalue weighted by molar-refractivity contribution is 1.07. The molecule has 9 aromatic rings. The second-order valence-corrected chi connectivity index (χ2v) is 12.7. The van der Waals surface area contributed by atoms with Gasteiger partial charge in [0, 0.05) is 33.8 Å². The van der Waals surface area contributed by atoms with E-state index in [2.05, 4.69) is 91.0 Å². The van der Waals surface area contributed by atoms with E-state index in [0.29, 0.717) is 17.5 Å². The van der Waals surface area contributed by atoms with Crippen LogP contribution in [0.25, 0.3) is 100 Å². The standard InChI is InChI=1S/C46H28N4/c1-3-12-29(13-4-1)44-48-45(30-14-5-2-6-15-30)50-46(49-44)34-26-32(35-24-31-16-7-10-21-42(31)47-28-35)25-33(27-34)36-22-23-41-38-18-9-8-17-37(38)40-20-11-19-39(36)43(40)41/h1-28H. The van der Waals surface area contributed by atoms with Crippen LogP contribution in [0.5, 0.6) is 0 Å². The van der Waals surface area contributed by atoms with Crippen LogP contribution in [0.4, 0.5) is 0 Å². The van der Waals surface area contributed by atoms with Crippen LogP contribution in [-0.2, 0) is 0 Å². The van der Waals surface area contributed by atoms with E-state index in [1.54, 1.807) is 0 Å². The van der Waals surface area contributed by atoms with Crippen LogP contribution < -0.4 is 0 Å². The summed E-state index contributed by atoms with van der Waals surface area (Å²) in [5, 5.41) is 3.61. The molecule has 0 atom stereocenters. The quantitative estimate of drug-likeness (QED) is 0.189. The van der Waals surface area contributed by atoms with E-state index < -0.39 is 0 Å². The maximum atomic E-state index is 5.11. The van der Waals surface area contributed by atoms with Crippen molar-refractivity contribution in [2.24, 2.45) is 0 Å². The van der Waals surface area contributed by atoms with Crippen molar-refractivity contribution in [3.8, 4) is 78.7 Å². The molecule has 4 heteroatoms. The van der Waals surface area contributed by atoms with Gasteiger partial charge in [0.15, 0.2) is 17.5 Å². The highest BCUT2D eigenvalue weighted by Crippen LogP contribution is 2.49. The predicted molar refractivity (Wildman–Crippen MR) is 204 cm³/mol. The van der Waals surface area contributed by atoms with Gasteiger partial charge in [-0.1, -0.05) is 133 Å². The zero-order valence-electron chi connectivity index (χ0n) is 27.0. The molecule has 0 saturated carbocycles. The van der Waals surface area contributed by atoms with Crippen LogP contribution in [0.3, 0.4) is 0 Å². The van der Waals surface area contributed by atoms with Crippen LogP contribution in [0.1, 0.15) is 0 Å². The Labute approximate surface area is 289 Å². The number of hydrogen-bond acceptors (Lipinski definition) is 4. The van der Waals surface area contributed by atoms with Crippen molar-refractivity contribution in [2.45, 2.75) is 0 Å². The number of aromatic nitrogens is 4. The second kappa shape index (κ2) is 11.4. The van der Waals surface area contributed by atoms with E-state index in [9.17, 15) is 0 Å². The fraction of sp³-hybridized carbons (Fsp3) is 0. The lowest BCUT2D eigenvalue weighted by atomic mass is 9.91. The van der Waals surface area contributed by atoms with Gasteiger partial charge in [0.2, 0.25) is 0 Å². The highest BCUT2D eigenvalue weighted by atomic mass is 15.0. The van der Waals surface area contributed by atoms with Gasteiger partial charge in [-0.25, -0.2) is 15.0 Å². The average Bonchev–Trinajstić information content (AvgIpc) is 3.53. The van der Waals surface area contributed by atoms with Crippen molar-refractivity contribution in [2.75, 3.05) is 0 Å². The average molecular weight is 637 g/mol. The van der Waals surface area contributed by atoms with Gasteiger partial charge in [0.05, 0.1) is 5.52 Å². The Morgan fingerprint density at radius 2 is 0.860 bits per heavy atom. The molecule has 0 unspecified atom stereocenters. The van der Waals surface area contributed by atoms with Gasteiger partial charge in [0.25, 0.3) is 0 Å². The molecule has 0 spiro atoms. The van der Waals surface area contributed by atoms with Crippen molar-refractivity contribution in [1.82, 2.24) is 19.9 Å². The number of pyridine rings is 1. The predicted octanol–water partition coefficient (Wildman–Crippen LogP) is 11.6. The summed E-state index contributed by atoms with van der Waals surface area (Å²) in [5.74, 6) is 1.89. The third-order valence-electron chi connectivity index (χ3n) is 9.67. The normalized spacial score (nSPS) is 11.6. The molecular formula is C46H28N4. The fourth-order valence-corrected chi connectivity index (χ4v) is 7.31. The Bertz CT molecular complexity index is 2670. The second-order valence-electron chi connectivity index (χ2n) is 12.7. The SMILES string of the molecule is c1ccc(-c2nc(-c3ccccc3)nc(-c3cc(-c4cnc5ccccc5c4)cc(-c4ccc5c6c(cccc46)-c4ccccc4-5)c3)n2)cc1. The van der Waals surface area contributed by atoms with E-state index in [1.807, 2.05) is 79.0 Å². The molecule has 0 fully saturated rings. The van der Waals surface area contributed by atoms with E-state index in [1.165, 1.54) is 33.0 Å². The summed E-state index contributed by atoms with van der Waals surface area (Å²) in [6, 6.07) is 57.3. The minimum absolute atomic E-state index is 0.618. The largest absolute Gasteiger partial charge is 0.256 e. The molecule has 232 valence electrons. The zero-order valence-corrected chi connectivity index (χ0v) is 27.0. The third-order valence-corrected chi connectivity index (χ3v) is 9.67. The lowest BCUT2D eigenvalue weighted by Gasteiger charge is -2.14. The molecule has 0 saturated heterocycles. The molecule has 0 N–H and O–H groups in total. The van der Waals surface area contributed by atoms with E-state index >= 15 is 0 Å². The van der Waals surface area contributed by atoms with Crippen molar-refractivity contribution < 1.29 is 0 Å². The molecule has 1 aliphatic rings.